The summed E-state index contributed by atoms with van der Waals surface area (Å²) in [6.45, 7) is 1.64. The Morgan fingerprint density at radius 3 is 2.61 bits per heavy atom. The number of nitrogens with zero attached hydrogens (tertiary/aromatic N) is 2. The number of nitro groups is 1. The molecule has 28 heavy (non-hydrogen) atoms. The summed E-state index contributed by atoms with van der Waals surface area (Å²) in [4.78, 5) is 34.2. The van der Waals surface area contributed by atoms with E-state index in [1.807, 2.05) is 0 Å². The van der Waals surface area contributed by atoms with Gasteiger partial charge in [-0.25, -0.2) is 5.43 Å². The Morgan fingerprint density at radius 2 is 1.89 bits per heavy atom. The van der Waals surface area contributed by atoms with Crippen LogP contribution in [0.15, 0.2) is 47.6 Å². The van der Waals surface area contributed by atoms with Gasteiger partial charge in [-0.1, -0.05) is 24.3 Å². The Bertz CT molecular complexity index is 911. The number of hydrogen-bond acceptors (Lipinski definition) is 6. The van der Waals surface area contributed by atoms with Gasteiger partial charge in [-0.15, -0.1) is 0 Å². The summed E-state index contributed by atoms with van der Waals surface area (Å²) < 4.78 is 5.14. The molecule has 0 bridgehead atoms. The van der Waals surface area contributed by atoms with Gasteiger partial charge in [-0.2, -0.15) is 5.10 Å². The summed E-state index contributed by atoms with van der Waals surface area (Å²) >= 11 is 0. The van der Waals surface area contributed by atoms with Gasteiger partial charge in [0.05, 0.1) is 23.9 Å². The standard InChI is InChI=1S/C19H20N4O5/c1-13-7-8-14(11-16(13)23(26)27)12-20-22-19(25)10-9-18(24)21-15-5-3-4-6-17(15)28-2/h3-8,11-12H,9-10H2,1-2H3,(H,21,24)(H,22,25). The van der Waals surface area contributed by atoms with Crippen LogP contribution in [0.4, 0.5) is 11.4 Å². The van der Waals surface area contributed by atoms with E-state index in [0.29, 0.717) is 22.6 Å². The second-order valence-corrected chi connectivity index (χ2v) is 5.84. The van der Waals surface area contributed by atoms with Crippen molar-refractivity contribution in [1.29, 1.82) is 0 Å². The third kappa shape index (κ3) is 5.90. The van der Waals surface area contributed by atoms with Gasteiger partial charge in [0.2, 0.25) is 11.8 Å². The van der Waals surface area contributed by atoms with Gasteiger partial charge in [0.1, 0.15) is 5.75 Å². The van der Waals surface area contributed by atoms with E-state index in [1.165, 1.54) is 19.4 Å². The molecule has 2 N–H and O–H groups in total. The van der Waals surface area contributed by atoms with Gasteiger partial charge < -0.3 is 10.1 Å². The topological polar surface area (TPSA) is 123 Å². The highest BCUT2D eigenvalue weighted by Gasteiger charge is 2.11. The maximum atomic E-state index is 12.0. The number of para-hydroxylation sites is 2. The molecule has 9 heteroatoms. The molecule has 0 aliphatic carbocycles. The van der Waals surface area contributed by atoms with Crippen molar-refractivity contribution < 1.29 is 19.2 Å². The number of carbonyl (C=O) groups excluding carboxylic acids is 2. The summed E-state index contributed by atoms with van der Waals surface area (Å²) in [5.41, 5.74) is 3.80. The van der Waals surface area contributed by atoms with Crippen molar-refractivity contribution in [3.05, 3.63) is 63.7 Å². The second-order valence-electron chi connectivity index (χ2n) is 5.84. The molecule has 2 amide bonds. The molecule has 0 saturated heterocycles. The van der Waals surface area contributed by atoms with E-state index in [1.54, 1.807) is 43.3 Å². The normalized spacial score (nSPS) is 10.5. The van der Waals surface area contributed by atoms with Gasteiger partial charge in [0.15, 0.2) is 0 Å². The van der Waals surface area contributed by atoms with Gasteiger partial charge in [0.25, 0.3) is 5.69 Å². The highest BCUT2D eigenvalue weighted by molar-refractivity contribution is 5.94. The fourth-order valence-corrected chi connectivity index (χ4v) is 2.33. The molecular formula is C19H20N4O5. The van der Waals surface area contributed by atoms with Crippen molar-refractivity contribution >= 4 is 29.4 Å². The second kappa shape index (κ2) is 9.81. The van der Waals surface area contributed by atoms with Crippen LogP contribution in [0.3, 0.4) is 0 Å². The molecule has 9 nitrogen and oxygen atoms in total. The van der Waals surface area contributed by atoms with E-state index in [-0.39, 0.29) is 24.4 Å². The number of aryl methyl sites for hydroxylation is 1. The minimum Gasteiger partial charge on any atom is -0.495 e. The SMILES string of the molecule is COc1ccccc1NC(=O)CCC(=O)NN=Cc1ccc(C)c([N+](=O)[O-])c1. The lowest BCUT2D eigenvalue weighted by Gasteiger charge is -2.09. The zero-order chi connectivity index (χ0) is 20.5. The Labute approximate surface area is 161 Å². The van der Waals surface area contributed by atoms with E-state index in [4.69, 9.17) is 4.74 Å². The van der Waals surface area contributed by atoms with Gasteiger partial charge in [-0.3, -0.25) is 19.7 Å². The minimum atomic E-state index is -0.481. The number of benzene rings is 2. The molecule has 0 radical (unpaired) electrons. The lowest BCUT2D eigenvalue weighted by molar-refractivity contribution is -0.385. The zero-order valence-electron chi connectivity index (χ0n) is 15.5. The Hall–Kier alpha value is -3.75. The van der Waals surface area contributed by atoms with Gasteiger partial charge in [0, 0.05) is 30.0 Å². The first-order chi connectivity index (χ1) is 13.4. The average molecular weight is 384 g/mol. The van der Waals surface area contributed by atoms with E-state index in [0.717, 1.165) is 0 Å². The number of rotatable bonds is 8. The molecule has 0 aromatic heterocycles. The molecule has 2 aromatic rings. The maximum absolute atomic E-state index is 12.0. The predicted octanol–water partition coefficient (Wildman–Crippen LogP) is 2.78. The lowest BCUT2D eigenvalue weighted by Crippen LogP contribution is -2.20. The first-order valence-corrected chi connectivity index (χ1v) is 8.40. The van der Waals surface area contributed by atoms with Crippen molar-refractivity contribution in [1.82, 2.24) is 5.43 Å². The zero-order valence-corrected chi connectivity index (χ0v) is 15.5. The predicted molar refractivity (Wildman–Crippen MR) is 104 cm³/mol. The summed E-state index contributed by atoms with van der Waals surface area (Å²) in [5.74, 6) is -0.261. The summed E-state index contributed by atoms with van der Waals surface area (Å²) in [7, 11) is 1.50. The number of ether oxygens (including phenoxy) is 1. The Kier molecular flexibility index (Phi) is 7.21. The van der Waals surface area contributed by atoms with Gasteiger partial charge >= 0.3 is 0 Å². The molecule has 146 valence electrons. The number of nitrogens with one attached hydrogen (secondary N) is 2. The summed E-state index contributed by atoms with van der Waals surface area (Å²) in [6.07, 6.45) is 1.21. The fourth-order valence-electron chi connectivity index (χ4n) is 2.33. The molecule has 0 spiro atoms. The first kappa shape index (κ1) is 20.6. The highest BCUT2D eigenvalue weighted by atomic mass is 16.6. The van der Waals surface area contributed by atoms with Crippen molar-refractivity contribution in [2.75, 3.05) is 12.4 Å². The number of nitro benzene ring substituents is 1. The number of hydrazone groups is 1. The molecule has 2 aromatic carbocycles. The van der Waals surface area contributed by atoms with Gasteiger partial charge in [-0.05, 0) is 19.1 Å². The van der Waals surface area contributed by atoms with Crippen LogP contribution in [-0.2, 0) is 9.59 Å². The van der Waals surface area contributed by atoms with Crippen molar-refractivity contribution in [2.45, 2.75) is 19.8 Å². The van der Waals surface area contributed by atoms with Crippen LogP contribution in [0.5, 0.6) is 5.75 Å². The van der Waals surface area contributed by atoms with Crippen molar-refractivity contribution in [3.63, 3.8) is 0 Å². The largest absolute Gasteiger partial charge is 0.495 e. The number of anilines is 1. The average Bonchev–Trinajstić information content (AvgIpc) is 2.68. The number of amides is 2. The Balaban J connectivity index is 1.82. The molecule has 0 heterocycles. The van der Waals surface area contributed by atoms with Crippen molar-refractivity contribution in [2.24, 2.45) is 5.10 Å². The number of hydrogen-bond donors (Lipinski definition) is 2. The third-order valence-electron chi connectivity index (χ3n) is 3.79. The van der Waals surface area contributed by atoms with E-state index >= 15 is 0 Å². The molecular weight excluding hydrogens is 364 g/mol. The number of carbonyl (C=O) groups is 2. The van der Waals surface area contributed by atoms with Crippen LogP contribution in [0.25, 0.3) is 0 Å². The molecule has 0 aliphatic rings. The van der Waals surface area contributed by atoms with Crippen LogP contribution < -0.4 is 15.5 Å². The quantitative estimate of drug-likeness (QED) is 0.411. The summed E-state index contributed by atoms with van der Waals surface area (Å²) in [6, 6.07) is 11.6. The Morgan fingerprint density at radius 1 is 1.18 bits per heavy atom. The lowest BCUT2D eigenvalue weighted by atomic mass is 10.1. The molecule has 0 unspecified atom stereocenters. The highest BCUT2D eigenvalue weighted by Crippen LogP contribution is 2.23. The van der Waals surface area contributed by atoms with Crippen molar-refractivity contribution in [3.8, 4) is 5.75 Å². The van der Waals surface area contributed by atoms with Crippen LogP contribution >= 0.6 is 0 Å². The van der Waals surface area contributed by atoms with E-state index in [2.05, 4.69) is 15.8 Å². The fraction of sp³-hybridized carbons (Fsp3) is 0.211. The molecule has 0 saturated carbocycles. The molecule has 0 fully saturated rings. The smallest absolute Gasteiger partial charge is 0.272 e. The monoisotopic (exact) mass is 384 g/mol. The first-order valence-electron chi connectivity index (χ1n) is 8.40. The third-order valence-corrected chi connectivity index (χ3v) is 3.79. The van der Waals surface area contributed by atoms with E-state index < -0.39 is 10.8 Å². The van der Waals surface area contributed by atoms with E-state index in [9.17, 15) is 19.7 Å². The van der Waals surface area contributed by atoms with Crippen LogP contribution in [0.1, 0.15) is 24.0 Å². The number of methoxy groups -OCH3 is 1. The summed E-state index contributed by atoms with van der Waals surface area (Å²) in [5, 5.41) is 17.4. The maximum Gasteiger partial charge on any atom is 0.272 e. The molecule has 0 aliphatic heterocycles. The van der Waals surface area contributed by atoms with Crippen LogP contribution in [-0.4, -0.2) is 30.1 Å². The van der Waals surface area contributed by atoms with Crippen LogP contribution in [0.2, 0.25) is 0 Å². The molecule has 2 rings (SSSR count). The van der Waals surface area contributed by atoms with Crippen LogP contribution in [0, 0.1) is 17.0 Å². The minimum absolute atomic E-state index is 0.0247. The molecule has 0 atom stereocenters.